The topological polar surface area (TPSA) is 69.6 Å². The van der Waals surface area contributed by atoms with Crippen LogP contribution in [0.4, 0.5) is 0 Å². The summed E-state index contributed by atoms with van der Waals surface area (Å²) in [5.74, 6) is 0.241. The maximum atomic E-state index is 12.1. The van der Waals surface area contributed by atoms with Gasteiger partial charge in [0.1, 0.15) is 0 Å². The summed E-state index contributed by atoms with van der Waals surface area (Å²) in [7, 11) is 0. The third-order valence-corrected chi connectivity index (χ3v) is 4.26. The monoisotopic (exact) mass is 268 g/mol. The Morgan fingerprint density at radius 2 is 2.11 bits per heavy atom. The number of carbonyl (C=O) groups excluding carboxylic acids is 1. The third-order valence-electron chi connectivity index (χ3n) is 4.26. The van der Waals surface area contributed by atoms with Gasteiger partial charge in [0.15, 0.2) is 0 Å². The highest BCUT2D eigenvalue weighted by molar-refractivity contribution is 5.76. The van der Waals surface area contributed by atoms with Crippen molar-refractivity contribution in [3.05, 3.63) is 0 Å². The van der Waals surface area contributed by atoms with Gasteiger partial charge in [0.05, 0.1) is 0 Å². The molecule has 0 spiro atoms. The largest absolute Gasteiger partial charge is 0.481 e. The lowest BCUT2D eigenvalue weighted by molar-refractivity contribution is -0.140. The van der Waals surface area contributed by atoms with E-state index < -0.39 is 5.97 Å². The molecule has 2 aliphatic heterocycles. The van der Waals surface area contributed by atoms with Crippen LogP contribution in [0.3, 0.4) is 0 Å². The molecule has 2 atom stereocenters. The van der Waals surface area contributed by atoms with E-state index in [1.54, 1.807) is 0 Å². The van der Waals surface area contributed by atoms with Crippen LogP contribution in [0.2, 0.25) is 0 Å². The van der Waals surface area contributed by atoms with E-state index in [0.29, 0.717) is 18.9 Å². The molecular formula is C14H24N2O3. The smallest absolute Gasteiger partial charge is 0.303 e. The Kier molecular flexibility index (Phi) is 5.19. The normalized spacial score (nSPS) is 27.5. The molecule has 2 heterocycles. The minimum absolute atomic E-state index is 0.142. The Morgan fingerprint density at radius 1 is 1.26 bits per heavy atom. The van der Waals surface area contributed by atoms with Crippen LogP contribution >= 0.6 is 0 Å². The van der Waals surface area contributed by atoms with Gasteiger partial charge in [-0.2, -0.15) is 0 Å². The van der Waals surface area contributed by atoms with E-state index in [1.807, 2.05) is 4.90 Å². The molecule has 2 unspecified atom stereocenters. The molecule has 2 fully saturated rings. The van der Waals surface area contributed by atoms with Crippen molar-refractivity contribution in [2.24, 2.45) is 11.8 Å². The van der Waals surface area contributed by atoms with Crippen LogP contribution < -0.4 is 5.32 Å². The second-order valence-corrected chi connectivity index (χ2v) is 5.84. The Hall–Kier alpha value is -1.10. The number of piperidine rings is 1. The van der Waals surface area contributed by atoms with Gasteiger partial charge >= 0.3 is 5.97 Å². The third kappa shape index (κ3) is 4.49. The Bertz CT molecular complexity index is 327. The van der Waals surface area contributed by atoms with E-state index in [1.165, 1.54) is 6.42 Å². The van der Waals surface area contributed by atoms with Crippen LogP contribution in [-0.2, 0) is 9.59 Å². The minimum atomic E-state index is -0.753. The zero-order valence-electron chi connectivity index (χ0n) is 11.4. The summed E-state index contributed by atoms with van der Waals surface area (Å²) >= 11 is 0. The number of nitrogens with one attached hydrogen (secondary N) is 1. The van der Waals surface area contributed by atoms with Crippen LogP contribution in [0.5, 0.6) is 0 Å². The molecule has 19 heavy (non-hydrogen) atoms. The summed E-state index contributed by atoms with van der Waals surface area (Å²) in [4.78, 5) is 24.8. The van der Waals surface area contributed by atoms with Crippen LogP contribution in [0.15, 0.2) is 0 Å². The fourth-order valence-corrected chi connectivity index (χ4v) is 3.15. The zero-order valence-corrected chi connectivity index (χ0v) is 11.4. The van der Waals surface area contributed by atoms with E-state index >= 15 is 0 Å². The van der Waals surface area contributed by atoms with Crippen molar-refractivity contribution in [1.82, 2.24) is 10.2 Å². The number of nitrogens with zero attached hydrogens (tertiary/aromatic N) is 1. The summed E-state index contributed by atoms with van der Waals surface area (Å²) in [5.41, 5.74) is 0. The van der Waals surface area contributed by atoms with Crippen molar-refractivity contribution in [3.63, 3.8) is 0 Å². The minimum Gasteiger partial charge on any atom is -0.481 e. The van der Waals surface area contributed by atoms with Gasteiger partial charge in [-0.3, -0.25) is 9.59 Å². The summed E-state index contributed by atoms with van der Waals surface area (Å²) < 4.78 is 0. The standard InChI is InChI=1S/C14H24N2O3/c17-13(4-3-11-5-6-15-9-11)16-7-1-2-12(10-16)8-14(18)19/h11-12,15H,1-10H2,(H,18,19). The molecule has 0 bridgehead atoms. The van der Waals surface area contributed by atoms with E-state index in [4.69, 9.17) is 5.11 Å². The Balaban J connectivity index is 1.73. The lowest BCUT2D eigenvalue weighted by Gasteiger charge is -2.32. The highest BCUT2D eigenvalue weighted by Gasteiger charge is 2.25. The predicted molar refractivity (Wildman–Crippen MR) is 71.8 cm³/mol. The zero-order chi connectivity index (χ0) is 13.7. The molecule has 0 aromatic rings. The first-order valence-corrected chi connectivity index (χ1v) is 7.35. The SMILES string of the molecule is O=C(O)CC1CCCN(C(=O)CCC2CCNC2)C1. The molecule has 0 radical (unpaired) electrons. The second kappa shape index (κ2) is 6.89. The van der Waals surface area contributed by atoms with Crippen LogP contribution in [0, 0.1) is 11.8 Å². The van der Waals surface area contributed by atoms with E-state index in [2.05, 4.69) is 5.32 Å². The molecule has 5 nitrogen and oxygen atoms in total. The second-order valence-electron chi connectivity index (χ2n) is 5.84. The fourth-order valence-electron chi connectivity index (χ4n) is 3.15. The van der Waals surface area contributed by atoms with Gasteiger partial charge < -0.3 is 15.3 Å². The highest BCUT2D eigenvalue weighted by atomic mass is 16.4. The van der Waals surface area contributed by atoms with Crippen LogP contribution in [-0.4, -0.2) is 48.1 Å². The molecule has 0 aromatic carbocycles. The predicted octanol–water partition coefficient (Wildman–Crippen LogP) is 1.09. The Labute approximate surface area is 114 Å². The number of hydrogen-bond donors (Lipinski definition) is 2. The van der Waals surface area contributed by atoms with Gasteiger partial charge in [0.2, 0.25) is 5.91 Å². The van der Waals surface area contributed by atoms with Crippen molar-refractivity contribution in [3.8, 4) is 0 Å². The first-order chi connectivity index (χ1) is 9.15. The maximum Gasteiger partial charge on any atom is 0.303 e. The van der Waals surface area contributed by atoms with Gasteiger partial charge in [0.25, 0.3) is 0 Å². The first kappa shape index (κ1) is 14.3. The lowest BCUT2D eigenvalue weighted by Crippen LogP contribution is -2.40. The Morgan fingerprint density at radius 3 is 2.79 bits per heavy atom. The summed E-state index contributed by atoms with van der Waals surface area (Å²) in [5, 5.41) is 12.1. The number of carboxylic acid groups (broad SMARTS) is 1. The molecular weight excluding hydrogens is 244 g/mol. The number of amides is 1. The average molecular weight is 268 g/mol. The van der Waals surface area contributed by atoms with E-state index in [-0.39, 0.29) is 18.2 Å². The molecule has 2 saturated heterocycles. The summed E-state index contributed by atoms with van der Waals surface area (Å²) in [6.45, 7) is 3.55. The maximum absolute atomic E-state index is 12.1. The van der Waals surface area contributed by atoms with Crippen LogP contribution in [0.1, 0.15) is 38.5 Å². The average Bonchev–Trinajstić information content (AvgIpc) is 2.88. The van der Waals surface area contributed by atoms with E-state index in [0.717, 1.165) is 38.9 Å². The molecule has 0 saturated carbocycles. The van der Waals surface area contributed by atoms with Crippen molar-refractivity contribution in [2.75, 3.05) is 26.2 Å². The van der Waals surface area contributed by atoms with Crippen molar-refractivity contribution >= 4 is 11.9 Å². The molecule has 2 N–H and O–H groups in total. The fraction of sp³-hybridized carbons (Fsp3) is 0.857. The molecule has 108 valence electrons. The quantitative estimate of drug-likeness (QED) is 0.783. The van der Waals surface area contributed by atoms with Crippen LogP contribution in [0.25, 0.3) is 0 Å². The molecule has 2 aliphatic rings. The molecule has 2 rings (SSSR count). The van der Waals surface area contributed by atoms with Gasteiger partial charge in [-0.15, -0.1) is 0 Å². The summed E-state index contributed by atoms with van der Waals surface area (Å²) in [6, 6.07) is 0. The first-order valence-electron chi connectivity index (χ1n) is 7.35. The van der Waals surface area contributed by atoms with Gasteiger partial charge in [0, 0.05) is 25.9 Å². The number of aliphatic carboxylic acids is 1. The van der Waals surface area contributed by atoms with Crippen molar-refractivity contribution in [2.45, 2.75) is 38.5 Å². The lowest BCUT2D eigenvalue weighted by atomic mass is 9.94. The molecule has 0 aromatic heterocycles. The van der Waals surface area contributed by atoms with Gasteiger partial charge in [-0.05, 0) is 50.6 Å². The number of carbonyl (C=O) groups is 2. The number of likely N-dealkylation sites (tertiary alicyclic amines) is 1. The van der Waals surface area contributed by atoms with Gasteiger partial charge in [-0.1, -0.05) is 0 Å². The number of hydrogen-bond acceptors (Lipinski definition) is 3. The van der Waals surface area contributed by atoms with E-state index in [9.17, 15) is 9.59 Å². The number of carboxylic acids is 1. The van der Waals surface area contributed by atoms with Crippen molar-refractivity contribution < 1.29 is 14.7 Å². The summed E-state index contributed by atoms with van der Waals surface area (Å²) in [6.07, 6.45) is 4.82. The highest BCUT2D eigenvalue weighted by Crippen LogP contribution is 2.21. The molecule has 0 aliphatic carbocycles. The number of rotatable bonds is 5. The molecule has 1 amide bonds. The van der Waals surface area contributed by atoms with Crippen molar-refractivity contribution in [1.29, 1.82) is 0 Å². The van der Waals surface area contributed by atoms with Gasteiger partial charge in [-0.25, -0.2) is 0 Å². The molecule has 5 heteroatoms.